The van der Waals surface area contributed by atoms with E-state index in [0.29, 0.717) is 6.42 Å². The van der Waals surface area contributed by atoms with Crippen LogP contribution < -0.4 is 0 Å². The van der Waals surface area contributed by atoms with Gasteiger partial charge in [0, 0.05) is 6.42 Å². The van der Waals surface area contributed by atoms with Gasteiger partial charge in [-0.15, -0.1) is 0 Å². The first-order chi connectivity index (χ1) is 5.81. The van der Waals surface area contributed by atoms with Gasteiger partial charge in [0.15, 0.2) is 0 Å². The van der Waals surface area contributed by atoms with E-state index in [4.69, 9.17) is 4.74 Å². The predicted octanol–water partition coefficient (Wildman–Crippen LogP) is 2.89. The van der Waals surface area contributed by atoms with Crippen molar-refractivity contribution < 1.29 is 9.53 Å². The second-order valence-electron chi connectivity index (χ2n) is 2.76. The highest BCUT2D eigenvalue weighted by Crippen LogP contribution is 2.02. The van der Waals surface area contributed by atoms with Crippen LogP contribution in [0.15, 0.2) is 0 Å². The lowest BCUT2D eigenvalue weighted by atomic mass is 10.2. The molecule has 0 saturated carbocycles. The average molecular weight is 170 g/mol. The first-order valence-electron chi connectivity index (χ1n) is 4.61. The predicted molar refractivity (Wildman–Crippen MR) is 49.1 cm³/mol. The first-order valence-corrected chi connectivity index (χ1v) is 4.61. The molecule has 2 radical (unpaired) electrons. The molecule has 0 rings (SSSR count). The number of esters is 1. The molecule has 2 nitrogen and oxygen atoms in total. The Morgan fingerprint density at radius 2 is 2.25 bits per heavy atom. The molecule has 0 N–H and O–H groups in total. The molecule has 0 bridgehead atoms. The van der Waals surface area contributed by atoms with Gasteiger partial charge in [-0.05, 0) is 19.3 Å². The fourth-order valence-electron chi connectivity index (χ4n) is 0.813. The monoisotopic (exact) mass is 170 g/mol. The summed E-state index contributed by atoms with van der Waals surface area (Å²) >= 11 is 0. The molecule has 0 aliphatic heterocycles. The summed E-state index contributed by atoms with van der Waals surface area (Å²) < 4.78 is 4.83. The summed E-state index contributed by atoms with van der Waals surface area (Å²) in [5.41, 5.74) is 0. The Labute approximate surface area is 75.3 Å². The van der Waals surface area contributed by atoms with E-state index in [2.05, 4.69) is 13.8 Å². The summed E-state index contributed by atoms with van der Waals surface area (Å²) in [4.78, 5) is 10.9. The normalized spacial score (nSPS) is 9.83. The zero-order valence-electron chi connectivity index (χ0n) is 7.84. The van der Waals surface area contributed by atoms with E-state index < -0.39 is 0 Å². The molecule has 0 saturated heterocycles. The molecule has 70 valence electrons. The zero-order chi connectivity index (χ0) is 9.23. The molecule has 0 fully saturated rings. The number of hydrogen-bond donors (Lipinski definition) is 0. The van der Waals surface area contributed by atoms with Crippen molar-refractivity contribution in [2.45, 2.75) is 45.4 Å². The highest BCUT2D eigenvalue weighted by Gasteiger charge is 2.00. The van der Waals surface area contributed by atoms with Crippen LogP contribution in [-0.2, 0) is 9.53 Å². The summed E-state index contributed by atoms with van der Waals surface area (Å²) in [6, 6.07) is 0. The summed E-state index contributed by atoms with van der Waals surface area (Å²) in [5.74, 6) is -0.114. The summed E-state index contributed by atoms with van der Waals surface area (Å²) in [6.07, 6.45) is 5.25. The maximum absolute atomic E-state index is 10.9. The maximum atomic E-state index is 10.9. The van der Waals surface area contributed by atoms with Gasteiger partial charge < -0.3 is 4.74 Å². The quantitative estimate of drug-likeness (QED) is 0.434. The Balaban J connectivity index is 3.10. The number of ether oxygens (including phenoxy) is 1. The zero-order valence-corrected chi connectivity index (χ0v) is 7.84. The minimum Gasteiger partial charge on any atom is -0.458 e. The summed E-state index contributed by atoms with van der Waals surface area (Å²) in [5, 5.41) is 0. The van der Waals surface area contributed by atoms with Crippen molar-refractivity contribution in [2.75, 3.05) is 0 Å². The van der Waals surface area contributed by atoms with Crippen LogP contribution in [0, 0.1) is 13.5 Å². The van der Waals surface area contributed by atoms with Crippen molar-refractivity contribution in [1.82, 2.24) is 0 Å². The molecule has 0 aromatic carbocycles. The molecule has 0 amide bonds. The van der Waals surface area contributed by atoms with Crippen molar-refractivity contribution in [3.8, 4) is 0 Å². The molecular weight excluding hydrogens is 152 g/mol. The minimum absolute atomic E-state index is 0.114. The van der Waals surface area contributed by atoms with Gasteiger partial charge >= 0.3 is 5.97 Å². The number of carbonyl (C=O) groups is 1. The van der Waals surface area contributed by atoms with Crippen LogP contribution in [0.25, 0.3) is 0 Å². The Kier molecular flexibility index (Phi) is 8.19. The van der Waals surface area contributed by atoms with Crippen molar-refractivity contribution >= 4 is 5.97 Å². The Morgan fingerprint density at radius 1 is 1.50 bits per heavy atom. The van der Waals surface area contributed by atoms with Gasteiger partial charge in [0.25, 0.3) is 0 Å². The summed E-state index contributed by atoms with van der Waals surface area (Å²) in [7, 11) is 0. The lowest BCUT2D eigenvalue weighted by molar-refractivity contribution is -0.140. The molecule has 0 unspecified atom stereocenters. The van der Waals surface area contributed by atoms with Crippen molar-refractivity contribution in [3.63, 3.8) is 0 Å². The Bertz CT molecular complexity index is 98.4. The molecular formula is C10H18O2. The van der Waals surface area contributed by atoms with Crippen LogP contribution in [0.3, 0.4) is 0 Å². The van der Waals surface area contributed by atoms with Gasteiger partial charge in [0.05, 0.1) is 0 Å². The largest absolute Gasteiger partial charge is 0.458 e. The van der Waals surface area contributed by atoms with Gasteiger partial charge in [-0.3, -0.25) is 4.79 Å². The highest BCUT2D eigenvalue weighted by molar-refractivity contribution is 5.69. The minimum atomic E-state index is -0.114. The van der Waals surface area contributed by atoms with Crippen LogP contribution in [0.1, 0.15) is 45.4 Å². The number of rotatable bonds is 7. The standard InChI is InChI=1S/C10H18O2/c1-3-5-7-8-10(11)12-9-6-4-2/h9H,2-8H2,1H3. The lowest BCUT2D eigenvalue weighted by Gasteiger charge is -2.01. The fourth-order valence-corrected chi connectivity index (χ4v) is 0.813. The van der Waals surface area contributed by atoms with Crippen molar-refractivity contribution in [3.05, 3.63) is 13.5 Å². The molecule has 0 aromatic heterocycles. The third kappa shape index (κ3) is 7.58. The molecule has 0 heterocycles. The number of unbranched alkanes of at least 4 members (excludes halogenated alkanes) is 3. The molecule has 12 heavy (non-hydrogen) atoms. The van der Waals surface area contributed by atoms with Gasteiger partial charge in [-0.25, -0.2) is 0 Å². The Hall–Kier alpha value is -0.530. The van der Waals surface area contributed by atoms with Crippen LogP contribution >= 0.6 is 0 Å². The smallest absolute Gasteiger partial charge is 0.306 e. The van der Waals surface area contributed by atoms with Crippen molar-refractivity contribution in [1.29, 1.82) is 0 Å². The van der Waals surface area contributed by atoms with Crippen molar-refractivity contribution in [2.24, 2.45) is 0 Å². The SMILES string of the molecule is [CH2]CC[CH]OC(=O)CCCCC. The third-order valence-electron chi connectivity index (χ3n) is 1.52. The molecule has 0 aromatic rings. The Morgan fingerprint density at radius 3 is 2.83 bits per heavy atom. The van der Waals surface area contributed by atoms with Crippen LogP contribution in [0.4, 0.5) is 0 Å². The molecule has 0 atom stereocenters. The number of hydrogen-bond acceptors (Lipinski definition) is 2. The van der Waals surface area contributed by atoms with E-state index >= 15 is 0 Å². The van der Waals surface area contributed by atoms with Crippen LogP contribution in [-0.4, -0.2) is 5.97 Å². The third-order valence-corrected chi connectivity index (χ3v) is 1.52. The molecule has 0 aliphatic rings. The molecule has 0 aliphatic carbocycles. The number of carbonyl (C=O) groups excluding carboxylic acids is 1. The average Bonchev–Trinajstić information content (AvgIpc) is 2.06. The maximum Gasteiger partial charge on any atom is 0.306 e. The first kappa shape index (κ1) is 11.5. The van der Waals surface area contributed by atoms with Crippen LogP contribution in [0.5, 0.6) is 0 Å². The molecule has 2 heteroatoms. The topological polar surface area (TPSA) is 26.3 Å². The lowest BCUT2D eigenvalue weighted by Crippen LogP contribution is -2.01. The van der Waals surface area contributed by atoms with E-state index in [9.17, 15) is 4.79 Å². The molecule has 0 spiro atoms. The van der Waals surface area contributed by atoms with E-state index in [-0.39, 0.29) is 5.97 Å². The summed E-state index contributed by atoms with van der Waals surface area (Å²) in [6.45, 7) is 7.29. The van der Waals surface area contributed by atoms with Gasteiger partial charge in [-0.1, -0.05) is 26.7 Å². The van der Waals surface area contributed by atoms with Gasteiger partial charge in [-0.2, -0.15) is 0 Å². The van der Waals surface area contributed by atoms with E-state index in [1.165, 1.54) is 0 Å². The van der Waals surface area contributed by atoms with E-state index in [1.807, 2.05) is 0 Å². The second-order valence-corrected chi connectivity index (χ2v) is 2.76. The second kappa shape index (κ2) is 8.57. The van der Waals surface area contributed by atoms with Gasteiger partial charge in [0.1, 0.15) is 6.61 Å². The van der Waals surface area contributed by atoms with E-state index in [0.717, 1.165) is 32.1 Å². The van der Waals surface area contributed by atoms with Crippen LogP contribution in [0.2, 0.25) is 0 Å². The van der Waals surface area contributed by atoms with E-state index in [1.54, 1.807) is 6.61 Å². The fraction of sp³-hybridized carbons (Fsp3) is 0.700. The highest BCUT2D eigenvalue weighted by atomic mass is 16.5. The van der Waals surface area contributed by atoms with Gasteiger partial charge in [0.2, 0.25) is 0 Å².